The Bertz CT molecular complexity index is 1390. The molecule has 1 aliphatic heterocycles. The Morgan fingerprint density at radius 1 is 0.829 bits per heavy atom. The number of halogens is 3. The predicted molar refractivity (Wildman–Crippen MR) is 168 cm³/mol. The molecular formula is C28H34Cl3N7O3. The number of carbonyl (C=O) groups excluding carboxylic acids is 1. The number of methoxy groups -OCH3 is 2. The van der Waals surface area contributed by atoms with Gasteiger partial charge in [0.25, 0.3) is 0 Å². The van der Waals surface area contributed by atoms with E-state index in [4.69, 9.17) is 9.47 Å². The molecule has 2 amide bonds. The monoisotopic (exact) mass is 621 g/mol. The molecule has 1 fully saturated rings. The Morgan fingerprint density at radius 3 is 2.07 bits per heavy atom. The first kappa shape index (κ1) is 33.6. The van der Waals surface area contributed by atoms with E-state index >= 15 is 0 Å². The lowest BCUT2D eigenvalue weighted by atomic mass is 10.2. The first-order valence-electron chi connectivity index (χ1n) is 12.5. The van der Waals surface area contributed by atoms with Crippen molar-refractivity contribution < 1.29 is 14.3 Å². The molecule has 0 unspecified atom stereocenters. The number of nitrogens with zero attached hydrogens (tertiary/aromatic N) is 5. The van der Waals surface area contributed by atoms with Crippen LogP contribution in [0.2, 0.25) is 0 Å². The predicted octanol–water partition coefficient (Wildman–Crippen LogP) is 4.95. The van der Waals surface area contributed by atoms with Crippen LogP contribution in [0.15, 0.2) is 67.3 Å². The van der Waals surface area contributed by atoms with Gasteiger partial charge in [0.1, 0.15) is 12.1 Å². The second-order valence-electron chi connectivity index (χ2n) is 8.98. The Kier molecular flexibility index (Phi) is 13.1. The average molecular weight is 623 g/mol. The number of pyridine rings is 1. The quantitative estimate of drug-likeness (QED) is 0.285. The van der Waals surface area contributed by atoms with Crippen LogP contribution in [0.3, 0.4) is 0 Å². The van der Waals surface area contributed by atoms with Gasteiger partial charge < -0.3 is 29.9 Å². The number of aromatic nitrogens is 3. The van der Waals surface area contributed by atoms with Crippen molar-refractivity contribution in [2.75, 3.05) is 50.6 Å². The van der Waals surface area contributed by atoms with Gasteiger partial charge in [-0.3, -0.25) is 4.98 Å². The lowest BCUT2D eigenvalue weighted by Crippen LogP contribution is -2.50. The van der Waals surface area contributed by atoms with Crippen LogP contribution in [0.25, 0.3) is 10.9 Å². The maximum absolute atomic E-state index is 12.9. The fourth-order valence-electron chi connectivity index (χ4n) is 4.50. The van der Waals surface area contributed by atoms with E-state index in [0.717, 1.165) is 41.1 Å². The first-order valence-corrected chi connectivity index (χ1v) is 12.5. The van der Waals surface area contributed by atoms with Gasteiger partial charge in [0.05, 0.1) is 19.7 Å². The van der Waals surface area contributed by atoms with Gasteiger partial charge in [0.2, 0.25) is 0 Å². The fraction of sp³-hybridized carbons (Fsp3) is 0.286. The summed E-state index contributed by atoms with van der Waals surface area (Å²) in [4.78, 5) is 29.9. The molecule has 0 saturated carbocycles. The van der Waals surface area contributed by atoms with E-state index in [1.165, 1.54) is 5.56 Å². The molecule has 5 rings (SSSR count). The molecule has 1 saturated heterocycles. The van der Waals surface area contributed by atoms with Crippen LogP contribution >= 0.6 is 37.2 Å². The SMILES string of the molecule is COc1cc2ncnc(N3CCN(C(=O)Nc4ccc(CNCc5ccncc5)cc4)CC3)c2cc1OC.Cl.Cl.Cl. The molecule has 3 heterocycles. The summed E-state index contributed by atoms with van der Waals surface area (Å²) in [5.74, 6) is 2.08. The lowest BCUT2D eigenvalue weighted by molar-refractivity contribution is 0.208. The van der Waals surface area contributed by atoms with Crippen molar-refractivity contribution in [3.05, 3.63) is 78.4 Å². The van der Waals surface area contributed by atoms with E-state index < -0.39 is 0 Å². The minimum atomic E-state index is -0.104. The third-order valence-electron chi connectivity index (χ3n) is 6.60. The first-order chi connectivity index (χ1) is 18.6. The largest absolute Gasteiger partial charge is 0.493 e. The number of ether oxygens (including phenoxy) is 2. The van der Waals surface area contributed by atoms with Gasteiger partial charge in [0, 0.05) is 68.8 Å². The molecule has 41 heavy (non-hydrogen) atoms. The molecule has 13 heteroatoms. The number of piperazine rings is 1. The summed E-state index contributed by atoms with van der Waals surface area (Å²) in [6.45, 7) is 4.02. The van der Waals surface area contributed by atoms with Crippen LogP contribution in [0, 0.1) is 0 Å². The molecule has 220 valence electrons. The van der Waals surface area contributed by atoms with E-state index in [9.17, 15) is 4.79 Å². The van der Waals surface area contributed by atoms with Gasteiger partial charge in [-0.05, 0) is 41.5 Å². The molecule has 2 aromatic carbocycles. The van der Waals surface area contributed by atoms with E-state index in [-0.39, 0.29) is 43.3 Å². The van der Waals surface area contributed by atoms with E-state index in [0.29, 0.717) is 37.7 Å². The van der Waals surface area contributed by atoms with Crippen molar-refractivity contribution in [3.8, 4) is 11.5 Å². The zero-order valence-corrected chi connectivity index (χ0v) is 25.2. The zero-order valence-electron chi connectivity index (χ0n) is 22.8. The zero-order chi connectivity index (χ0) is 26.3. The molecular weight excluding hydrogens is 589 g/mol. The molecule has 0 spiro atoms. The van der Waals surface area contributed by atoms with Crippen molar-refractivity contribution in [1.29, 1.82) is 0 Å². The highest BCUT2D eigenvalue weighted by molar-refractivity contribution is 5.92. The molecule has 0 aliphatic carbocycles. The average Bonchev–Trinajstić information content (AvgIpc) is 2.97. The van der Waals surface area contributed by atoms with Gasteiger partial charge in [0.15, 0.2) is 11.5 Å². The lowest BCUT2D eigenvalue weighted by Gasteiger charge is -2.35. The van der Waals surface area contributed by atoms with Gasteiger partial charge in [-0.1, -0.05) is 12.1 Å². The van der Waals surface area contributed by atoms with Crippen molar-refractivity contribution in [3.63, 3.8) is 0 Å². The third-order valence-corrected chi connectivity index (χ3v) is 6.60. The number of amides is 2. The van der Waals surface area contributed by atoms with Gasteiger partial charge in [-0.15, -0.1) is 37.2 Å². The molecule has 0 radical (unpaired) electrons. The summed E-state index contributed by atoms with van der Waals surface area (Å²) in [6, 6.07) is 15.6. The van der Waals surface area contributed by atoms with Gasteiger partial charge in [-0.2, -0.15) is 0 Å². The Balaban J connectivity index is 0.00000196. The Labute approximate surface area is 258 Å². The highest BCUT2D eigenvalue weighted by Crippen LogP contribution is 2.35. The van der Waals surface area contributed by atoms with Crippen molar-refractivity contribution >= 4 is 65.7 Å². The van der Waals surface area contributed by atoms with Gasteiger partial charge in [-0.25, -0.2) is 14.8 Å². The van der Waals surface area contributed by atoms with Crippen LogP contribution in [0.1, 0.15) is 11.1 Å². The van der Waals surface area contributed by atoms with Crippen molar-refractivity contribution in [1.82, 2.24) is 25.2 Å². The van der Waals surface area contributed by atoms with Crippen LogP contribution in [0.4, 0.5) is 16.3 Å². The van der Waals surface area contributed by atoms with Crippen LogP contribution in [-0.2, 0) is 13.1 Å². The maximum atomic E-state index is 12.9. The normalized spacial score (nSPS) is 12.4. The Hall–Kier alpha value is -3.57. The summed E-state index contributed by atoms with van der Waals surface area (Å²) in [5.41, 5.74) is 3.90. The second kappa shape index (κ2) is 16.0. The standard InChI is InChI=1S/C28H31N7O3.3ClH/c1-37-25-15-23-24(16-26(25)38-2)31-19-32-27(23)34-11-13-35(14-12-34)28(36)33-22-5-3-20(4-6-22)17-30-18-21-7-9-29-10-8-21;;;/h3-10,15-16,19,30H,11-14,17-18H2,1-2H3,(H,33,36);3*1H. The number of hydrogen-bond donors (Lipinski definition) is 2. The molecule has 1 aliphatic rings. The van der Waals surface area contributed by atoms with Crippen LogP contribution < -0.4 is 25.0 Å². The number of anilines is 2. The van der Waals surface area contributed by atoms with Crippen LogP contribution in [0.5, 0.6) is 11.5 Å². The number of fused-ring (bicyclic) bond motifs is 1. The van der Waals surface area contributed by atoms with E-state index in [2.05, 4.69) is 30.5 Å². The summed E-state index contributed by atoms with van der Waals surface area (Å²) in [6.07, 6.45) is 5.14. The number of nitrogens with one attached hydrogen (secondary N) is 2. The highest BCUT2D eigenvalue weighted by Gasteiger charge is 2.24. The highest BCUT2D eigenvalue weighted by atomic mass is 35.5. The summed E-state index contributed by atoms with van der Waals surface area (Å²) >= 11 is 0. The summed E-state index contributed by atoms with van der Waals surface area (Å²) in [7, 11) is 3.21. The van der Waals surface area contributed by atoms with Crippen molar-refractivity contribution in [2.24, 2.45) is 0 Å². The molecule has 10 nitrogen and oxygen atoms in total. The number of carbonyl (C=O) groups is 1. The summed E-state index contributed by atoms with van der Waals surface area (Å²) in [5, 5.41) is 7.33. The molecule has 2 aromatic heterocycles. The minimum Gasteiger partial charge on any atom is -0.493 e. The Morgan fingerprint density at radius 2 is 1.44 bits per heavy atom. The van der Waals surface area contributed by atoms with Gasteiger partial charge >= 0.3 is 6.03 Å². The third kappa shape index (κ3) is 8.23. The minimum absolute atomic E-state index is 0. The van der Waals surface area contributed by atoms with E-state index in [1.807, 2.05) is 53.4 Å². The number of benzene rings is 2. The topological polar surface area (TPSA) is 105 Å². The number of rotatable bonds is 8. The molecule has 0 atom stereocenters. The molecule has 4 aromatic rings. The van der Waals surface area contributed by atoms with Crippen molar-refractivity contribution in [2.45, 2.75) is 13.1 Å². The number of hydrogen-bond acceptors (Lipinski definition) is 8. The fourth-order valence-corrected chi connectivity index (χ4v) is 4.50. The number of urea groups is 1. The maximum Gasteiger partial charge on any atom is 0.321 e. The summed E-state index contributed by atoms with van der Waals surface area (Å²) < 4.78 is 10.9. The van der Waals surface area contributed by atoms with E-state index in [1.54, 1.807) is 32.9 Å². The molecule has 2 N–H and O–H groups in total. The smallest absolute Gasteiger partial charge is 0.321 e. The van der Waals surface area contributed by atoms with Crippen LogP contribution in [-0.4, -0.2) is 66.3 Å². The second-order valence-corrected chi connectivity index (χ2v) is 8.98. The molecule has 0 bridgehead atoms.